The molecule has 1 N–H and O–H groups in total. The van der Waals surface area contributed by atoms with Crippen LogP contribution < -0.4 is 9.47 Å². The second-order valence-corrected chi connectivity index (χ2v) is 4.36. The summed E-state index contributed by atoms with van der Waals surface area (Å²) in [6.45, 7) is 1.99. The summed E-state index contributed by atoms with van der Waals surface area (Å²) in [4.78, 5) is 0. The van der Waals surface area contributed by atoms with E-state index in [1.54, 1.807) is 25.1 Å². The van der Waals surface area contributed by atoms with Crippen molar-refractivity contribution in [2.75, 3.05) is 14.2 Å². The molecule has 20 heavy (non-hydrogen) atoms. The van der Waals surface area contributed by atoms with Gasteiger partial charge < -0.3 is 9.47 Å². The number of nitrogens with zero attached hydrogens (tertiary/aromatic N) is 3. The first-order valence-electron chi connectivity index (χ1n) is 6.12. The second-order valence-electron chi connectivity index (χ2n) is 3.97. The number of benzene rings is 1. The fourth-order valence-electron chi connectivity index (χ4n) is 1.73. The van der Waals surface area contributed by atoms with Gasteiger partial charge in [-0.3, -0.25) is 5.10 Å². The Bertz CT molecular complexity index is 675. The van der Waals surface area contributed by atoms with Gasteiger partial charge in [0.25, 0.3) is 0 Å². The molecule has 0 radical (unpaired) electrons. The first-order valence-corrected chi connectivity index (χ1v) is 6.53. The van der Waals surface area contributed by atoms with Crippen LogP contribution in [0.15, 0.2) is 23.3 Å². The molecule has 6 nitrogen and oxygen atoms in total. The average molecular weight is 292 g/mol. The number of methoxy groups -OCH3 is 2. The summed E-state index contributed by atoms with van der Waals surface area (Å²) in [5.74, 6) is 2.12. The van der Waals surface area contributed by atoms with Gasteiger partial charge in [0.05, 0.1) is 20.4 Å². The van der Waals surface area contributed by atoms with Crippen LogP contribution in [0.4, 0.5) is 0 Å². The van der Waals surface area contributed by atoms with Crippen LogP contribution in [0.1, 0.15) is 18.3 Å². The van der Waals surface area contributed by atoms with Gasteiger partial charge in [-0.15, -0.1) is 0 Å². The SMILES string of the molecule is CCc1n[nH]c(=S)n1N=Cc1ccc(OC)c(OC)c1. The molecule has 7 heteroatoms. The van der Waals surface area contributed by atoms with Gasteiger partial charge >= 0.3 is 0 Å². The summed E-state index contributed by atoms with van der Waals surface area (Å²) in [5.41, 5.74) is 0.882. The molecule has 1 aromatic heterocycles. The maximum atomic E-state index is 5.25. The standard InChI is InChI=1S/C13H16N4O2S/c1-4-12-15-16-13(20)17(12)14-8-9-5-6-10(18-2)11(7-9)19-3/h5-8H,4H2,1-3H3,(H,16,20). The first kappa shape index (κ1) is 14.3. The molecule has 0 saturated carbocycles. The van der Waals surface area contributed by atoms with Crippen LogP contribution in [-0.2, 0) is 6.42 Å². The summed E-state index contributed by atoms with van der Waals surface area (Å²) >= 11 is 5.13. The number of ether oxygens (including phenoxy) is 2. The highest BCUT2D eigenvalue weighted by Crippen LogP contribution is 2.26. The van der Waals surface area contributed by atoms with E-state index in [2.05, 4.69) is 15.3 Å². The zero-order valence-corrected chi connectivity index (χ0v) is 12.4. The van der Waals surface area contributed by atoms with E-state index in [1.807, 2.05) is 25.1 Å². The van der Waals surface area contributed by atoms with Crippen molar-refractivity contribution in [1.82, 2.24) is 14.9 Å². The Morgan fingerprint density at radius 3 is 2.75 bits per heavy atom. The Morgan fingerprint density at radius 1 is 1.35 bits per heavy atom. The van der Waals surface area contributed by atoms with Crippen LogP contribution in [0.2, 0.25) is 0 Å². The van der Waals surface area contributed by atoms with Crippen LogP contribution in [0, 0.1) is 4.77 Å². The lowest BCUT2D eigenvalue weighted by Crippen LogP contribution is -1.98. The maximum Gasteiger partial charge on any atom is 0.216 e. The highest BCUT2D eigenvalue weighted by Gasteiger charge is 2.04. The van der Waals surface area contributed by atoms with Gasteiger partial charge in [0.15, 0.2) is 17.3 Å². The number of aromatic nitrogens is 3. The van der Waals surface area contributed by atoms with Crippen molar-refractivity contribution in [3.8, 4) is 11.5 Å². The third-order valence-electron chi connectivity index (χ3n) is 2.76. The largest absolute Gasteiger partial charge is 0.493 e. The smallest absolute Gasteiger partial charge is 0.216 e. The molecule has 0 aliphatic carbocycles. The molecule has 0 saturated heterocycles. The third kappa shape index (κ3) is 2.88. The van der Waals surface area contributed by atoms with Crippen molar-refractivity contribution in [1.29, 1.82) is 0 Å². The molecule has 2 rings (SSSR count). The zero-order chi connectivity index (χ0) is 14.5. The van der Waals surface area contributed by atoms with Crippen molar-refractivity contribution >= 4 is 18.4 Å². The number of hydrogen-bond donors (Lipinski definition) is 1. The van der Waals surface area contributed by atoms with Gasteiger partial charge in [-0.1, -0.05) is 6.92 Å². The highest BCUT2D eigenvalue weighted by atomic mass is 32.1. The Hall–Kier alpha value is -2.15. The van der Waals surface area contributed by atoms with Crippen molar-refractivity contribution in [3.63, 3.8) is 0 Å². The Balaban J connectivity index is 2.32. The fourth-order valence-corrected chi connectivity index (χ4v) is 1.93. The van der Waals surface area contributed by atoms with Crippen molar-refractivity contribution < 1.29 is 9.47 Å². The average Bonchev–Trinajstić information content (AvgIpc) is 2.85. The van der Waals surface area contributed by atoms with E-state index in [0.29, 0.717) is 16.3 Å². The van der Waals surface area contributed by atoms with Crippen LogP contribution in [0.3, 0.4) is 0 Å². The van der Waals surface area contributed by atoms with Gasteiger partial charge in [-0.2, -0.15) is 14.9 Å². The van der Waals surface area contributed by atoms with Crippen LogP contribution in [0.5, 0.6) is 11.5 Å². The fraction of sp³-hybridized carbons (Fsp3) is 0.308. The summed E-state index contributed by atoms with van der Waals surface area (Å²) in [6, 6.07) is 5.56. The predicted molar refractivity (Wildman–Crippen MR) is 79.3 cm³/mol. The molecule has 2 aromatic rings. The second kappa shape index (κ2) is 6.33. The first-order chi connectivity index (χ1) is 9.69. The molecule has 0 aliphatic heterocycles. The minimum atomic E-state index is 0.471. The van der Waals surface area contributed by atoms with Crippen molar-refractivity contribution in [2.45, 2.75) is 13.3 Å². The van der Waals surface area contributed by atoms with Gasteiger partial charge in [0.2, 0.25) is 4.77 Å². The minimum Gasteiger partial charge on any atom is -0.493 e. The van der Waals surface area contributed by atoms with E-state index in [9.17, 15) is 0 Å². The lowest BCUT2D eigenvalue weighted by molar-refractivity contribution is 0.355. The van der Waals surface area contributed by atoms with Gasteiger partial charge in [-0.25, -0.2) is 0 Å². The Kier molecular flexibility index (Phi) is 4.52. The molecule has 0 amide bonds. The van der Waals surface area contributed by atoms with E-state index < -0.39 is 0 Å². The number of rotatable bonds is 5. The van der Waals surface area contributed by atoms with Gasteiger partial charge in [0, 0.05) is 6.42 Å². The van der Waals surface area contributed by atoms with E-state index in [0.717, 1.165) is 17.8 Å². The highest BCUT2D eigenvalue weighted by molar-refractivity contribution is 7.71. The molecular formula is C13H16N4O2S. The summed E-state index contributed by atoms with van der Waals surface area (Å²) in [7, 11) is 3.20. The molecule has 0 fully saturated rings. The van der Waals surface area contributed by atoms with Crippen LogP contribution >= 0.6 is 12.2 Å². The van der Waals surface area contributed by atoms with Crippen molar-refractivity contribution in [2.24, 2.45) is 5.10 Å². The molecule has 0 aliphatic rings. The minimum absolute atomic E-state index is 0.471. The lowest BCUT2D eigenvalue weighted by atomic mass is 10.2. The van der Waals surface area contributed by atoms with E-state index in [4.69, 9.17) is 21.7 Å². The third-order valence-corrected chi connectivity index (χ3v) is 3.03. The number of hydrogen-bond acceptors (Lipinski definition) is 5. The molecule has 0 spiro atoms. The van der Waals surface area contributed by atoms with Gasteiger partial charge in [-0.05, 0) is 36.0 Å². The van der Waals surface area contributed by atoms with Gasteiger partial charge in [0.1, 0.15) is 0 Å². The Labute approximate surface area is 122 Å². The van der Waals surface area contributed by atoms with Crippen LogP contribution in [0.25, 0.3) is 0 Å². The maximum absolute atomic E-state index is 5.25. The topological polar surface area (TPSA) is 64.4 Å². The van der Waals surface area contributed by atoms with E-state index in [1.165, 1.54) is 0 Å². The molecule has 1 aromatic carbocycles. The molecule has 0 bridgehead atoms. The number of H-pyrrole nitrogens is 1. The normalized spacial score (nSPS) is 10.9. The number of nitrogens with one attached hydrogen (secondary N) is 1. The summed E-state index contributed by atoms with van der Waals surface area (Å²) in [5, 5.41) is 11.2. The molecule has 106 valence electrons. The molecule has 0 atom stereocenters. The number of aromatic amines is 1. The monoisotopic (exact) mass is 292 g/mol. The predicted octanol–water partition coefficient (Wildman–Crippen LogP) is 2.40. The number of aryl methyl sites for hydroxylation is 1. The van der Waals surface area contributed by atoms with Crippen LogP contribution in [-0.4, -0.2) is 35.3 Å². The zero-order valence-electron chi connectivity index (χ0n) is 11.6. The lowest BCUT2D eigenvalue weighted by Gasteiger charge is -2.07. The van der Waals surface area contributed by atoms with E-state index in [-0.39, 0.29) is 0 Å². The van der Waals surface area contributed by atoms with Crippen molar-refractivity contribution in [3.05, 3.63) is 34.4 Å². The quantitative estimate of drug-likeness (QED) is 0.679. The Morgan fingerprint density at radius 2 is 2.10 bits per heavy atom. The molecule has 0 unspecified atom stereocenters. The van der Waals surface area contributed by atoms with E-state index >= 15 is 0 Å². The molecular weight excluding hydrogens is 276 g/mol. The summed E-state index contributed by atoms with van der Waals surface area (Å²) in [6.07, 6.45) is 2.45. The molecule has 1 heterocycles. The summed E-state index contributed by atoms with van der Waals surface area (Å²) < 4.78 is 12.5.